The van der Waals surface area contributed by atoms with Crippen LogP contribution in [-0.4, -0.2) is 24.7 Å². The van der Waals surface area contributed by atoms with Crippen molar-refractivity contribution in [2.24, 2.45) is 27.7 Å². The van der Waals surface area contributed by atoms with Crippen LogP contribution in [0.4, 0.5) is 0 Å². The molecule has 16 heavy (non-hydrogen) atoms. The first-order valence-electron chi connectivity index (χ1n) is 5.79. The Morgan fingerprint density at radius 2 is 2.00 bits per heavy atom. The molecule has 0 heterocycles. The fraction of sp³-hybridized carbons (Fsp3) is 0.833. The van der Waals surface area contributed by atoms with Crippen LogP contribution in [0.2, 0.25) is 0 Å². The van der Waals surface area contributed by atoms with E-state index in [-0.39, 0.29) is 12.0 Å². The summed E-state index contributed by atoms with van der Waals surface area (Å²) in [4.78, 5) is 27.9. The van der Waals surface area contributed by atoms with E-state index in [9.17, 15) is 9.59 Å². The zero-order valence-electron chi connectivity index (χ0n) is 9.85. The SMILES string of the molecule is CC(C)C1CCC(CN=C=O)C(N=C=O)C1. The fourth-order valence-corrected chi connectivity index (χ4v) is 2.44. The summed E-state index contributed by atoms with van der Waals surface area (Å²) >= 11 is 0. The zero-order chi connectivity index (χ0) is 12.0. The summed E-state index contributed by atoms with van der Waals surface area (Å²) in [6.45, 7) is 4.82. The van der Waals surface area contributed by atoms with Crippen LogP contribution in [0.3, 0.4) is 0 Å². The van der Waals surface area contributed by atoms with E-state index in [2.05, 4.69) is 23.8 Å². The van der Waals surface area contributed by atoms with Crippen molar-refractivity contribution >= 4 is 12.2 Å². The molecule has 0 saturated heterocycles. The third kappa shape index (κ3) is 3.41. The second-order valence-corrected chi connectivity index (χ2v) is 4.80. The standard InChI is InChI=1S/C12H18N2O2/c1-9(2)10-3-4-11(6-13-7-15)12(5-10)14-8-16/h9-12H,3-6H2,1-2H3. The van der Waals surface area contributed by atoms with Crippen molar-refractivity contribution < 1.29 is 9.59 Å². The minimum atomic E-state index is -0.0178. The summed E-state index contributed by atoms with van der Waals surface area (Å²) < 4.78 is 0. The monoisotopic (exact) mass is 222 g/mol. The van der Waals surface area contributed by atoms with Crippen LogP contribution in [-0.2, 0) is 9.59 Å². The topological polar surface area (TPSA) is 58.9 Å². The Morgan fingerprint density at radius 1 is 1.25 bits per heavy atom. The number of hydrogen-bond acceptors (Lipinski definition) is 4. The van der Waals surface area contributed by atoms with Crippen LogP contribution in [0.25, 0.3) is 0 Å². The molecule has 0 N–H and O–H groups in total. The molecule has 0 aromatic heterocycles. The number of aliphatic imine (C=N–C) groups is 2. The molecule has 4 heteroatoms. The average molecular weight is 222 g/mol. The number of hydrogen-bond donors (Lipinski definition) is 0. The summed E-state index contributed by atoms with van der Waals surface area (Å²) in [6.07, 6.45) is 6.20. The Hall–Kier alpha value is -1.24. The lowest BCUT2D eigenvalue weighted by atomic mass is 9.74. The van der Waals surface area contributed by atoms with E-state index in [4.69, 9.17) is 0 Å². The Balaban J connectivity index is 2.66. The molecule has 3 atom stereocenters. The van der Waals surface area contributed by atoms with Crippen LogP contribution in [0.1, 0.15) is 33.1 Å². The van der Waals surface area contributed by atoms with Crippen molar-refractivity contribution in [3.63, 3.8) is 0 Å². The van der Waals surface area contributed by atoms with Gasteiger partial charge < -0.3 is 0 Å². The number of nitrogens with zero attached hydrogens (tertiary/aromatic N) is 2. The van der Waals surface area contributed by atoms with E-state index in [0.717, 1.165) is 19.3 Å². The van der Waals surface area contributed by atoms with E-state index in [1.165, 1.54) is 0 Å². The van der Waals surface area contributed by atoms with Crippen LogP contribution >= 0.6 is 0 Å². The summed E-state index contributed by atoms with van der Waals surface area (Å²) in [5.74, 6) is 1.43. The smallest absolute Gasteiger partial charge is 0.211 e. The molecule has 3 unspecified atom stereocenters. The van der Waals surface area contributed by atoms with Gasteiger partial charge in [-0.2, -0.15) is 0 Å². The first kappa shape index (κ1) is 12.8. The maximum atomic E-state index is 10.4. The minimum absolute atomic E-state index is 0.0178. The molecule has 88 valence electrons. The van der Waals surface area contributed by atoms with E-state index in [0.29, 0.717) is 18.4 Å². The lowest BCUT2D eigenvalue weighted by Gasteiger charge is -2.34. The van der Waals surface area contributed by atoms with Crippen LogP contribution in [0.15, 0.2) is 9.98 Å². The highest BCUT2D eigenvalue weighted by atomic mass is 16.1. The van der Waals surface area contributed by atoms with Gasteiger partial charge in [-0.15, -0.1) is 0 Å². The lowest BCUT2D eigenvalue weighted by Crippen LogP contribution is -2.32. The molecule has 0 aromatic carbocycles. The number of carbonyl (C=O) groups excluding carboxylic acids is 2. The molecule has 0 spiro atoms. The number of isocyanates is 2. The predicted octanol–water partition coefficient (Wildman–Crippen LogP) is 2.10. The molecule has 0 radical (unpaired) electrons. The van der Waals surface area contributed by atoms with Crippen molar-refractivity contribution in [2.75, 3.05) is 6.54 Å². The Bertz CT molecular complexity index is 315. The highest BCUT2D eigenvalue weighted by molar-refractivity contribution is 5.34. The molecular formula is C12H18N2O2. The first-order valence-corrected chi connectivity index (χ1v) is 5.79. The van der Waals surface area contributed by atoms with Crippen LogP contribution in [0, 0.1) is 17.8 Å². The Kier molecular flexibility index (Phi) is 5.10. The van der Waals surface area contributed by atoms with E-state index in [1.807, 2.05) is 0 Å². The summed E-state index contributed by atoms with van der Waals surface area (Å²) in [5.41, 5.74) is 0. The third-order valence-corrected chi connectivity index (χ3v) is 3.55. The summed E-state index contributed by atoms with van der Waals surface area (Å²) in [5, 5.41) is 0. The van der Waals surface area contributed by atoms with Gasteiger partial charge in [0.1, 0.15) is 0 Å². The molecule has 0 aliphatic heterocycles. The van der Waals surface area contributed by atoms with Gasteiger partial charge in [-0.3, -0.25) is 0 Å². The summed E-state index contributed by atoms with van der Waals surface area (Å²) in [7, 11) is 0. The van der Waals surface area contributed by atoms with Crippen molar-refractivity contribution in [1.82, 2.24) is 0 Å². The molecule has 0 bridgehead atoms. The highest BCUT2D eigenvalue weighted by Crippen LogP contribution is 2.35. The molecule has 1 fully saturated rings. The van der Waals surface area contributed by atoms with Crippen molar-refractivity contribution in [3.05, 3.63) is 0 Å². The second-order valence-electron chi connectivity index (χ2n) is 4.80. The fourth-order valence-electron chi connectivity index (χ4n) is 2.44. The van der Waals surface area contributed by atoms with Gasteiger partial charge >= 0.3 is 0 Å². The maximum Gasteiger partial charge on any atom is 0.235 e. The molecule has 1 aliphatic carbocycles. The molecule has 0 amide bonds. The van der Waals surface area contributed by atoms with E-state index in [1.54, 1.807) is 12.2 Å². The third-order valence-electron chi connectivity index (χ3n) is 3.55. The number of rotatable bonds is 4. The molecular weight excluding hydrogens is 204 g/mol. The van der Waals surface area contributed by atoms with Gasteiger partial charge in [0, 0.05) is 5.92 Å². The van der Waals surface area contributed by atoms with Gasteiger partial charge in [0.25, 0.3) is 0 Å². The zero-order valence-corrected chi connectivity index (χ0v) is 9.85. The Morgan fingerprint density at radius 3 is 2.56 bits per heavy atom. The van der Waals surface area contributed by atoms with Gasteiger partial charge in [-0.1, -0.05) is 13.8 Å². The Labute approximate surface area is 95.9 Å². The molecule has 1 saturated carbocycles. The van der Waals surface area contributed by atoms with E-state index >= 15 is 0 Å². The van der Waals surface area contributed by atoms with Gasteiger partial charge in [0.15, 0.2) is 0 Å². The summed E-state index contributed by atoms with van der Waals surface area (Å²) in [6, 6.07) is -0.0178. The van der Waals surface area contributed by atoms with Gasteiger partial charge in [0.2, 0.25) is 12.2 Å². The highest BCUT2D eigenvalue weighted by Gasteiger charge is 2.31. The lowest BCUT2D eigenvalue weighted by molar-refractivity contribution is 0.201. The van der Waals surface area contributed by atoms with Gasteiger partial charge in [-0.05, 0) is 31.1 Å². The van der Waals surface area contributed by atoms with Crippen LogP contribution < -0.4 is 0 Å². The first-order chi connectivity index (χ1) is 7.69. The second kappa shape index (κ2) is 6.37. The molecule has 1 rings (SSSR count). The van der Waals surface area contributed by atoms with E-state index < -0.39 is 0 Å². The quantitative estimate of drug-likeness (QED) is 0.540. The van der Waals surface area contributed by atoms with Gasteiger partial charge in [-0.25, -0.2) is 19.6 Å². The van der Waals surface area contributed by atoms with Crippen molar-refractivity contribution in [3.8, 4) is 0 Å². The normalized spacial score (nSPS) is 29.3. The van der Waals surface area contributed by atoms with Crippen molar-refractivity contribution in [1.29, 1.82) is 0 Å². The molecule has 0 aromatic rings. The molecule has 4 nitrogen and oxygen atoms in total. The minimum Gasteiger partial charge on any atom is -0.211 e. The van der Waals surface area contributed by atoms with Crippen LogP contribution in [0.5, 0.6) is 0 Å². The maximum absolute atomic E-state index is 10.4. The van der Waals surface area contributed by atoms with Crippen molar-refractivity contribution in [2.45, 2.75) is 39.2 Å². The van der Waals surface area contributed by atoms with Gasteiger partial charge in [0.05, 0.1) is 12.6 Å². The largest absolute Gasteiger partial charge is 0.235 e. The predicted molar refractivity (Wildman–Crippen MR) is 60.6 cm³/mol. The average Bonchev–Trinajstić information content (AvgIpc) is 2.27. The molecule has 1 aliphatic rings.